The van der Waals surface area contributed by atoms with Crippen LogP contribution in [0, 0.1) is 0 Å². The molecule has 3 N–H and O–H groups in total. The molecule has 0 bridgehead atoms. The molecule has 13 heteroatoms. The van der Waals surface area contributed by atoms with Crippen LogP contribution in [-0.4, -0.2) is 62.9 Å². The second kappa shape index (κ2) is 14.7. The predicted octanol–water partition coefficient (Wildman–Crippen LogP) is 2.25. The largest absolute Gasteiger partial charge is 0.494 e. The molecule has 0 aliphatic carbocycles. The van der Waals surface area contributed by atoms with E-state index in [9.17, 15) is 27.6 Å². The Bertz CT molecular complexity index is 1500. The minimum Gasteiger partial charge on any atom is -0.494 e. The Morgan fingerprint density at radius 1 is 0.833 bits per heavy atom. The van der Waals surface area contributed by atoms with Crippen LogP contribution in [0.1, 0.15) is 57.5 Å². The van der Waals surface area contributed by atoms with Crippen LogP contribution in [0.25, 0.3) is 0 Å². The molecule has 0 atom stereocenters. The lowest BCUT2D eigenvalue weighted by Crippen LogP contribution is -2.32. The van der Waals surface area contributed by atoms with E-state index in [1.54, 1.807) is 50.2 Å². The molecule has 3 rings (SSSR count). The number of nitrogens with zero attached hydrogens (tertiary/aromatic N) is 1. The third-order valence-corrected chi connectivity index (χ3v) is 6.95. The maximum Gasteiger partial charge on any atom is 0.325 e. The summed E-state index contributed by atoms with van der Waals surface area (Å²) in [5, 5.41) is 5.16. The quantitative estimate of drug-likeness (QED) is 0.251. The first-order valence-electron chi connectivity index (χ1n) is 13.1. The van der Waals surface area contributed by atoms with Gasteiger partial charge in [-0.2, -0.15) is 0 Å². The molecule has 0 saturated heterocycles. The van der Waals surface area contributed by atoms with Crippen molar-refractivity contribution in [2.75, 3.05) is 19.7 Å². The summed E-state index contributed by atoms with van der Waals surface area (Å²) >= 11 is 0. The summed E-state index contributed by atoms with van der Waals surface area (Å²) in [6.07, 6.45) is 1.19. The van der Waals surface area contributed by atoms with E-state index < -0.39 is 27.8 Å². The van der Waals surface area contributed by atoms with Crippen LogP contribution >= 0.6 is 0 Å². The van der Waals surface area contributed by atoms with Crippen molar-refractivity contribution in [3.8, 4) is 5.75 Å². The van der Waals surface area contributed by atoms with Crippen LogP contribution in [0.2, 0.25) is 0 Å². The van der Waals surface area contributed by atoms with Crippen molar-refractivity contribution in [2.24, 2.45) is 0 Å². The number of hydrogen-bond donors (Lipinski definition) is 3. The SMILES string of the molecule is CCOc1ccc(C(=O)NCCc2ccc(S(=O)(=O)NC(=O)c3ccc(C(=O)NCC(=O)OC(C)C)nc3)cc2)cc1. The highest BCUT2D eigenvalue weighted by Gasteiger charge is 2.20. The number of amides is 3. The molecule has 42 heavy (non-hydrogen) atoms. The van der Waals surface area contributed by atoms with Crippen molar-refractivity contribution in [2.45, 2.75) is 38.2 Å². The molecule has 222 valence electrons. The van der Waals surface area contributed by atoms with Crippen LogP contribution < -0.4 is 20.1 Å². The molecule has 0 spiro atoms. The Kier molecular flexibility index (Phi) is 11.1. The molecule has 2 aromatic carbocycles. The molecular formula is C29H32N4O8S. The van der Waals surface area contributed by atoms with Gasteiger partial charge in [0.1, 0.15) is 18.0 Å². The first-order chi connectivity index (χ1) is 20.0. The van der Waals surface area contributed by atoms with E-state index in [4.69, 9.17) is 9.47 Å². The molecule has 3 aromatic rings. The van der Waals surface area contributed by atoms with E-state index in [0.29, 0.717) is 30.9 Å². The van der Waals surface area contributed by atoms with Crippen LogP contribution in [0.3, 0.4) is 0 Å². The van der Waals surface area contributed by atoms with Gasteiger partial charge in [-0.05, 0) is 81.3 Å². The van der Waals surface area contributed by atoms with Gasteiger partial charge in [0.2, 0.25) is 0 Å². The Labute approximate surface area is 243 Å². The standard InChI is InChI=1S/C29H32N4O8S/c1-4-40-23-10-7-21(8-11-23)27(35)30-16-15-20-5-12-24(13-6-20)42(38,39)33-28(36)22-9-14-25(31-17-22)29(37)32-18-26(34)41-19(2)3/h5-14,17,19H,4,15-16,18H2,1-3H3,(H,30,35)(H,32,37)(H,33,36). The highest BCUT2D eigenvalue weighted by Crippen LogP contribution is 2.14. The lowest BCUT2D eigenvalue weighted by atomic mass is 10.1. The van der Waals surface area contributed by atoms with E-state index in [0.717, 1.165) is 11.8 Å². The molecule has 0 unspecified atom stereocenters. The second-order valence-corrected chi connectivity index (χ2v) is 10.9. The zero-order valence-electron chi connectivity index (χ0n) is 23.4. The van der Waals surface area contributed by atoms with Crippen molar-refractivity contribution >= 4 is 33.7 Å². The number of nitrogens with one attached hydrogen (secondary N) is 3. The molecule has 1 aromatic heterocycles. The molecule has 12 nitrogen and oxygen atoms in total. The molecule has 0 radical (unpaired) electrons. The van der Waals surface area contributed by atoms with Gasteiger partial charge in [0.15, 0.2) is 0 Å². The molecule has 0 fully saturated rings. The molecule has 0 aliphatic rings. The highest BCUT2D eigenvalue weighted by atomic mass is 32.2. The van der Waals surface area contributed by atoms with Gasteiger partial charge in [-0.1, -0.05) is 12.1 Å². The first kappa shape index (κ1) is 31.7. The van der Waals surface area contributed by atoms with Gasteiger partial charge in [-0.3, -0.25) is 24.2 Å². The lowest BCUT2D eigenvalue weighted by Gasteiger charge is -2.10. The fraction of sp³-hybridized carbons (Fsp3) is 0.276. The number of carbonyl (C=O) groups excluding carboxylic acids is 4. The molecule has 0 saturated carbocycles. The average molecular weight is 597 g/mol. The predicted molar refractivity (Wildman–Crippen MR) is 153 cm³/mol. The van der Waals surface area contributed by atoms with Gasteiger partial charge in [0.25, 0.3) is 27.7 Å². The summed E-state index contributed by atoms with van der Waals surface area (Å²) < 4.78 is 37.7. The van der Waals surface area contributed by atoms with Crippen LogP contribution in [0.15, 0.2) is 71.8 Å². The highest BCUT2D eigenvalue weighted by molar-refractivity contribution is 7.90. The summed E-state index contributed by atoms with van der Waals surface area (Å²) in [4.78, 5) is 52.3. The Morgan fingerprint density at radius 3 is 2.10 bits per heavy atom. The number of ether oxygens (including phenoxy) is 2. The molecule has 3 amide bonds. The fourth-order valence-corrected chi connectivity index (χ4v) is 4.55. The van der Waals surface area contributed by atoms with Gasteiger partial charge >= 0.3 is 5.97 Å². The number of aromatic nitrogens is 1. The number of sulfonamides is 1. The minimum atomic E-state index is -4.19. The first-order valence-corrected chi connectivity index (χ1v) is 14.6. The van der Waals surface area contributed by atoms with E-state index in [1.807, 2.05) is 11.6 Å². The number of hydrogen-bond acceptors (Lipinski definition) is 9. The van der Waals surface area contributed by atoms with Crippen LogP contribution in [-0.2, 0) is 26.0 Å². The van der Waals surface area contributed by atoms with Gasteiger partial charge in [0.05, 0.1) is 23.2 Å². The summed E-state index contributed by atoms with van der Waals surface area (Å²) in [5.41, 5.74) is 1.11. The zero-order valence-corrected chi connectivity index (χ0v) is 24.2. The van der Waals surface area contributed by atoms with Gasteiger partial charge in [0, 0.05) is 18.3 Å². The maximum absolute atomic E-state index is 12.7. The number of esters is 1. The Morgan fingerprint density at radius 2 is 1.50 bits per heavy atom. The molecule has 0 aliphatic heterocycles. The summed E-state index contributed by atoms with van der Waals surface area (Å²) in [5.74, 6) is -1.77. The number of benzene rings is 2. The van der Waals surface area contributed by atoms with Gasteiger partial charge in [-0.25, -0.2) is 13.1 Å². The summed E-state index contributed by atoms with van der Waals surface area (Å²) in [6.45, 7) is 5.74. The Hall–Kier alpha value is -4.78. The van der Waals surface area contributed by atoms with Gasteiger partial charge in [-0.15, -0.1) is 0 Å². The number of pyridine rings is 1. The number of carbonyl (C=O) groups is 4. The van der Waals surface area contributed by atoms with Crippen molar-refractivity contribution in [1.82, 2.24) is 20.3 Å². The summed E-state index contributed by atoms with van der Waals surface area (Å²) in [7, 11) is -4.19. The van der Waals surface area contributed by atoms with Gasteiger partial charge < -0.3 is 20.1 Å². The maximum atomic E-state index is 12.7. The third-order valence-electron chi connectivity index (χ3n) is 5.61. The normalized spacial score (nSPS) is 11.0. The monoisotopic (exact) mass is 596 g/mol. The second-order valence-electron chi connectivity index (χ2n) is 9.20. The van der Waals surface area contributed by atoms with E-state index in [2.05, 4.69) is 15.6 Å². The van der Waals surface area contributed by atoms with Crippen molar-refractivity contribution in [3.05, 3.63) is 89.2 Å². The van der Waals surface area contributed by atoms with E-state index in [-0.39, 0.29) is 34.7 Å². The summed E-state index contributed by atoms with van der Waals surface area (Å²) in [6, 6.07) is 15.1. The average Bonchev–Trinajstić information content (AvgIpc) is 2.96. The van der Waals surface area contributed by atoms with E-state index in [1.165, 1.54) is 24.3 Å². The fourth-order valence-electron chi connectivity index (χ4n) is 3.58. The minimum absolute atomic E-state index is 0.0713. The molecular weight excluding hydrogens is 564 g/mol. The third kappa shape index (κ3) is 9.41. The van der Waals surface area contributed by atoms with Crippen LogP contribution in [0.4, 0.5) is 0 Å². The van der Waals surface area contributed by atoms with Crippen molar-refractivity contribution in [3.63, 3.8) is 0 Å². The lowest BCUT2D eigenvalue weighted by molar-refractivity contribution is -0.146. The smallest absolute Gasteiger partial charge is 0.325 e. The number of rotatable bonds is 13. The van der Waals surface area contributed by atoms with Crippen molar-refractivity contribution < 1.29 is 37.1 Å². The van der Waals surface area contributed by atoms with E-state index >= 15 is 0 Å². The van der Waals surface area contributed by atoms with Crippen LogP contribution in [0.5, 0.6) is 5.75 Å². The Balaban J connectivity index is 1.50. The zero-order chi connectivity index (χ0) is 30.7. The topological polar surface area (TPSA) is 170 Å². The van der Waals surface area contributed by atoms with Crippen molar-refractivity contribution in [1.29, 1.82) is 0 Å². The molecule has 1 heterocycles.